The summed E-state index contributed by atoms with van der Waals surface area (Å²) in [6.07, 6.45) is 0. The lowest BCUT2D eigenvalue weighted by Gasteiger charge is -2.24. The summed E-state index contributed by atoms with van der Waals surface area (Å²) in [6, 6.07) is 12.0. The fraction of sp³-hybridized carbons (Fsp3) is 0.133. The largest absolute Gasteiger partial charge is 0.502 e. The van der Waals surface area contributed by atoms with Crippen molar-refractivity contribution in [2.45, 2.75) is 11.8 Å². The van der Waals surface area contributed by atoms with Gasteiger partial charge in [0.2, 0.25) is 0 Å². The molecule has 0 amide bonds. The molecule has 21 heavy (non-hydrogen) atoms. The Labute approximate surface area is 130 Å². The Morgan fingerprint density at radius 3 is 2.67 bits per heavy atom. The predicted octanol–water partition coefficient (Wildman–Crippen LogP) is 4.11. The minimum Gasteiger partial charge on any atom is -0.502 e. The zero-order chi connectivity index (χ0) is 15.0. The first-order valence-corrected chi connectivity index (χ1v) is 7.88. The number of hydrogen-bond donors (Lipinski definition) is 1. The van der Waals surface area contributed by atoms with Gasteiger partial charge in [0.25, 0.3) is 5.88 Å². The van der Waals surface area contributed by atoms with Gasteiger partial charge >= 0.3 is 5.97 Å². The molecule has 0 bridgehead atoms. The summed E-state index contributed by atoms with van der Waals surface area (Å²) in [6.45, 7) is 1.32. The fourth-order valence-corrected chi connectivity index (χ4v) is 4.19. The number of aliphatic hydroxyl groups excluding tert-OH is 1. The first-order chi connectivity index (χ1) is 10.1. The van der Waals surface area contributed by atoms with Crippen LogP contribution in [-0.2, 0) is 9.53 Å². The second-order valence-corrected chi connectivity index (χ2v) is 6.73. The average Bonchev–Trinajstić information content (AvgIpc) is 2.88. The molecular weight excluding hydrogens is 306 g/mol. The van der Waals surface area contributed by atoms with Crippen molar-refractivity contribution in [2.24, 2.45) is 0 Å². The summed E-state index contributed by atoms with van der Waals surface area (Å²) in [5, 5.41) is 10.4. The zero-order valence-electron chi connectivity index (χ0n) is 11.5. The molecule has 0 saturated heterocycles. The highest BCUT2D eigenvalue weighted by Gasteiger charge is 2.28. The standard InChI is InChI=1S/C15H13NO3S2/c1-9(17)19-15-13(18)14-12(21-16(15)2)8-11(20-14)10-6-4-3-5-7-10/h3-8,18H,1-2H3. The number of aliphatic hydroxyl groups is 1. The van der Waals surface area contributed by atoms with E-state index in [1.165, 1.54) is 30.2 Å². The van der Waals surface area contributed by atoms with E-state index in [-0.39, 0.29) is 11.6 Å². The molecule has 0 saturated carbocycles. The van der Waals surface area contributed by atoms with Gasteiger partial charge in [0.1, 0.15) is 0 Å². The van der Waals surface area contributed by atoms with Crippen LogP contribution in [0.3, 0.4) is 0 Å². The lowest BCUT2D eigenvalue weighted by molar-refractivity contribution is -0.138. The summed E-state index contributed by atoms with van der Waals surface area (Å²) in [5.74, 6) is -0.262. The van der Waals surface area contributed by atoms with Crippen LogP contribution < -0.4 is 0 Å². The zero-order valence-corrected chi connectivity index (χ0v) is 13.1. The second-order valence-electron chi connectivity index (χ2n) is 4.51. The number of esters is 1. The Balaban J connectivity index is 2.05. The average molecular weight is 319 g/mol. The van der Waals surface area contributed by atoms with Gasteiger partial charge in [-0.1, -0.05) is 30.3 Å². The number of rotatable bonds is 2. The Morgan fingerprint density at radius 1 is 1.29 bits per heavy atom. The molecule has 0 spiro atoms. The lowest BCUT2D eigenvalue weighted by atomic mass is 10.2. The van der Waals surface area contributed by atoms with Gasteiger partial charge in [-0.05, 0) is 23.6 Å². The Kier molecular flexibility index (Phi) is 3.65. The molecule has 3 rings (SSSR count). The van der Waals surface area contributed by atoms with Crippen molar-refractivity contribution >= 4 is 35.0 Å². The van der Waals surface area contributed by atoms with Crippen LogP contribution in [0.5, 0.6) is 0 Å². The minimum absolute atomic E-state index is 0.00799. The molecule has 2 heterocycles. The van der Waals surface area contributed by atoms with Crippen LogP contribution in [0.4, 0.5) is 0 Å². The van der Waals surface area contributed by atoms with Gasteiger partial charge in [-0.2, -0.15) is 0 Å². The van der Waals surface area contributed by atoms with Gasteiger partial charge in [0, 0.05) is 18.8 Å². The molecule has 1 N–H and O–H groups in total. The van der Waals surface area contributed by atoms with Crippen molar-refractivity contribution in [1.82, 2.24) is 4.31 Å². The predicted molar refractivity (Wildman–Crippen MR) is 84.7 cm³/mol. The van der Waals surface area contributed by atoms with Crippen molar-refractivity contribution in [3.8, 4) is 10.4 Å². The van der Waals surface area contributed by atoms with Crippen molar-refractivity contribution in [3.05, 3.63) is 47.2 Å². The van der Waals surface area contributed by atoms with Crippen LogP contribution in [-0.4, -0.2) is 22.4 Å². The second kappa shape index (κ2) is 5.46. The van der Waals surface area contributed by atoms with Gasteiger partial charge in [0.15, 0.2) is 5.76 Å². The molecule has 0 fully saturated rings. The molecule has 1 aliphatic rings. The smallest absolute Gasteiger partial charge is 0.309 e. The van der Waals surface area contributed by atoms with Crippen LogP contribution in [0.1, 0.15) is 11.8 Å². The fourth-order valence-electron chi connectivity index (χ4n) is 2.04. The van der Waals surface area contributed by atoms with Gasteiger partial charge in [-0.15, -0.1) is 11.3 Å². The summed E-state index contributed by atoms with van der Waals surface area (Å²) in [7, 11) is 1.75. The summed E-state index contributed by atoms with van der Waals surface area (Å²) < 4.78 is 6.74. The Hall–Kier alpha value is -1.92. The highest BCUT2D eigenvalue weighted by molar-refractivity contribution is 7.97. The third-order valence-electron chi connectivity index (χ3n) is 2.94. The van der Waals surface area contributed by atoms with E-state index in [9.17, 15) is 9.90 Å². The highest BCUT2D eigenvalue weighted by atomic mass is 32.2. The monoisotopic (exact) mass is 319 g/mol. The Bertz CT molecular complexity index is 722. The highest BCUT2D eigenvalue weighted by Crippen LogP contribution is 2.46. The topological polar surface area (TPSA) is 49.8 Å². The summed E-state index contributed by atoms with van der Waals surface area (Å²) in [5.41, 5.74) is 1.10. The van der Waals surface area contributed by atoms with Crippen LogP contribution in [0.2, 0.25) is 0 Å². The number of ether oxygens (including phenoxy) is 1. The van der Waals surface area contributed by atoms with E-state index < -0.39 is 5.97 Å². The van der Waals surface area contributed by atoms with E-state index in [1.807, 2.05) is 36.4 Å². The summed E-state index contributed by atoms with van der Waals surface area (Å²) in [4.78, 5) is 13.9. The maximum absolute atomic E-state index is 11.1. The summed E-state index contributed by atoms with van der Waals surface area (Å²) >= 11 is 2.91. The SMILES string of the molecule is CC(=O)OC1=C(O)c2sc(-c3ccccc3)cc2SN1C. The van der Waals surface area contributed by atoms with Crippen molar-refractivity contribution < 1.29 is 14.6 Å². The Morgan fingerprint density at radius 2 is 2.00 bits per heavy atom. The van der Waals surface area contributed by atoms with Crippen molar-refractivity contribution in [2.75, 3.05) is 7.05 Å². The van der Waals surface area contributed by atoms with Crippen LogP contribution in [0.25, 0.3) is 16.2 Å². The van der Waals surface area contributed by atoms with Crippen LogP contribution in [0.15, 0.2) is 47.2 Å². The van der Waals surface area contributed by atoms with E-state index in [4.69, 9.17) is 4.74 Å². The molecule has 0 aliphatic carbocycles. The van der Waals surface area contributed by atoms with E-state index in [2.05, 4.69) is 0 Å². The minimum atomic E-state index is -0.452. The van der Waals surface area contributed by atoms with Crippen molar-refractivity contribution in [1.29, 1.82) is 0 Å². The molecular formula is C15H13NO3S2. The quantitative estimate of drug-likeness (QED) is 0.666. The van der Waals surface area contributed by atoms with E-state index in [1.54, 1.807) is 11.4 Å². The van der Waals surface area contributed by atoms with Gasteiger partial charge in [-0.25, -0.2) is 0 Å². The van der Waals surface area contributed by atoms with Crippen molar-refractivity contribution in [3.63, 3.8) is 0 Å². The number of benzene rings is 1. The molecule has 1 aromatic carbocycles. The number of hydrogen-bond acceptors (Lipinski definition) is 6. The van der Waals surface area contributed by atoms with Gasteiger partial charge in [0.05, 0.1) is 9.77 Å². The van der Waals surface area contributed by atoms with E-state index >= 15 is 0 Å². The number of carbonyl (C=O) groups excluding carboxylic acids is 1. The molecule has 2 aromatic rings. The molecule has 108 valence electrons. The third-order valence-corrected chi connectivity index (χ3v) is 5.21. The molecule has 0 atom stereocenters. The van der Waals surface area contributed by atoms with E-state index in [0.29, 0.717) is 0 Å². The normalized spacial score (nSPS) is 14.1. The number of carbonyl (C=O) groups is 1. The molecule has 1 aliphatic heterocycles. The molecule has 1 aromatic heterocycles. The maximum atomic E-state index is 11.1. The molecule has 4 nitrogen and oxygen atoms in total. The molecule has 0 radical (unpaired) electrons. The molecule has 0 unspecified atom stereocenters. The van der Waals surface area contributed by atoms with Crippen LogP contribution >= 0.6 is 23.3 Å². The van der Waals surface area contributed by atoms with Gasteiger partial charge in [-0.3, -0.25) is 9.10 Å². The molecule has 6 heteroatoms. The van der Waals surface area contributed by atoms with E-state index in [0.717, 1.165) is 20.2 Å². The third kappa shape index (κ3) is 2.64. The first kappa shape index (κ1) is 14.0. The first-order valence-electron chi connectivity index (χ1n) is 6.29. The maximum Gasteiger partial charge on any atom is 0.309 e. The number of thiophene rings is 1. The number of fused-ring (bicyclic) bond motifs is 1. The van der Waals surface area contributed by atoms with Gasteiger partial charge < -0.3 is 9.84 Å². The lowest BCUT2D eigenvalue weighted by Crippen LogP contribution is -2.19. The van der Waals surface area contributed by atoms with Crippen LogP contribution in [0, 0.1) is 0 Å². The number of nitrogens with zero attached hydrogens (tertiary/aromatic N) is 1.